The molecule has 2 atom stereocenters. The van der Waals surface area contributed by atoms with Gasteiger partial charge in [0.1, 0.15) is 5.54 Å². The summed E-state index contributed by atoms with van der Waals surface area (Å²) in [7, 11) is 0. The van der Waals surface area contributed by atoms with Gasteiger partial charge in [-0.3, -0.25) is 10.1 Å². The molecule has 0 bridgehead atoms. The molecule has 4 nitrogen and oxygen atoms in total. The number of nitrogens with one attached hydrogen (secondary N) is 1. The molecule has 2 unspecified atom stereocenters. The predicted molar refractivity (Wildman–Crippen MR) is 83.0 cm³/mol. The molecule has 20 heavy (non-hydrogen) atoms. The fourth-order valence-corrected chi connectivity index (χ4v) is 3.55. The third kappa shape index (κ3) is 4.45. The smallest absolute Gasteiger partial charge is 0.323 e. The lowest BCUT2D eigenvalue weighted by atomic mass is 9.77. The third-order valence-electron chi connectivity index (χ3n) is 4.24. The highest BCUT2D eigenvalue weighted by Gasteiger charge is 2.44. The molecule has 1 aliphatic rings. The summed E-state index contributed by atoms with van der Waals surface area (Å²) in [5.74, 6) is -0.677. The zero-order valence-corrected chi connectivity index (χ0v) is 13.6. The second kappa shape index (κ2) is 7.99. The Hall–Kier alpha value is -0.610. The standard InChI is InChI=1S/C16H32N2O2/c1-5-10-18(11-6-2)14-8-7-9-16(12-14,15(19)20)17-13(3)4/h13-14,17H,5-12H2,1-4H3,(H,19,20). The highest BCUT2D eigenvalue weighted by Crippen LogP contribution is 2.32. The van der Waals surface area contributed by atoms with Crippen molar-refractivity contribution in [2.24, 2.45) is 0 Å². The molecule has 1 saturated carbocycles. The van der Waals surface area contributed by atoms with Gasteiger partial charge in [-0.25, -0.2) is 0 Å². The van der Waals surface area contributed by atoms with Gasteiger partial charge in [0.2, 0.25) is 0 Å². The van der Waals surface area contributed by atoms with Crippen molar-refractivity contribution < 1.29 is 9.90 Å². The van der Waals surface area contributed by atoms with Crippen LogP contribution < -0.4 is 5.32 Å². The van der Waals surface area contributed by atoms with Crippen LogP contribution in [0.4, 0.5) is 0 Å². The van der Waals surface area contributed by atoms with E-state index < -0.39 is 11.5 Å². The minimum atomic E-state index is -0.725. The topological polar surface area (TPSA) is 52.6 Å². The number of hydrogen-bond donors (Lipinski definition) is 2. The molecule has 0 amide bonds. The van der Waals surface area contributed by atoms with Crippen molar-refractivity contribution in [1.82, 2.24) is 10.2 Å². The van der Waals surface area contributed by atoms with Crippen molar-refractivity contribution in [2.75, 3.05) is 13.1 Å². The van der Waals surface area contributed by atoms with Gasteiger partial charge in [-0.15, -0.1) is 0 Å². The van der Waals surface area contributed by atoms with E-state index in [0.717, 1.165) is 51.6 Å². The van der Waals surface area contributed by atoms with Gasteiger partial charge in [0.05, 0.1) is 0 Å². The minimum Gasteiger partial charge on any atom is -0.480 e. The van der Waals surface area contributed by atoms with Crippen LogP contribution in [0.2, 0.25) is 0 Å². The van der Waals surface area contributed by atoms with Crippen molar-refractivity contribution in [3.8, 4) is 0 Å². The SMILES string of the molecule is CCCN(CCC)C1CCCC(NC(C)C)(C(=O)O)C1. The second-order valence-electron chi connectivity index (χ2n) is 6.47. The normalized spacial score (nSPS) is 27.2. The Morgan fingerprint density at radius 1 is 1.35 bits per heavy atom. The number of aliphatic carboxylic acids is 1. The summed E-state index contributed by atoms with van der Waals surface area (Å²) in [4.78, 5) is 14.3. The lowest BCUT2D eigenvalue weighted by Crippen LogP contribution is -2.60. The number of hydrogen-bond acceptors (Lipinski definition) is 3. The highest BCUT2D eigenvalue weighted by molar-refractivity contribution is 5.79. The lowest BCUT2D eigenvalue weighted by molar-refractivity contribution is -0.148. The summed E-state index contributed by atoms with van der Waals surface area (Å²) < 4.78 is 0. The van der Waals surface area contributed by atoms with Crippen LogP contribution in [0.1, 0.15) is 66.2 Å². The fraction of sp³-hybridized carbons (Fsp3) is 0.938. The van der Waals surface area contributed by atoms with Gasteiger partial charge in [-0.2, -0.15) is 0 Å². The van der Waals surface area contributed by atoms with E-state index in [2.05, 4.69) is 24.1 Å². The summed E-state index contributed by atoms with van der Waals surface area (Å²) >= 11 is 0. The monoisotopic (exact) mass is 284 g/mol. The van der Waals surface area contributed by atoms with E-state index in [1.807, 2.05) is 13.8 Å². The highest BCUT2D eigenvalue weighted by atomic mass is 16.4. The second-order valence-corrected chi connectivity index (χ2v) is 6.47. The lowest BCUT2D eigenvalue weighted by Gasteiger charge is -2.43. The molecule has 118 valence electrons. The van der Waals surface area contributed by atoms with Gasteiger partial charge < -0.3 is 10.0 Å². The Balaban J connectivity index is 2.82. The Morgan fingerprint density at radius 3 is 2.40 bits per heavy atom. The summed E-state index contributed by atoms with van der Waals surface area (Å²) in [5, 5.41) is 13.1. The van der Waals surface area contributed by atoms with Gasteiger partial charge >= 0.3 is 5.97 Å². The van der Waals surface area contributed by atoms with Crippen molar-refractivity contribution in [3.63, 3.8) is 0 Å². The van der Waals surface area contributed by atoms with Gasteiger partial charge in [0, 0.05) is 12.1 Å². The maximum atomic E-state index is 11.8. The number of carbonyl (C=O) groups is 1. The Kier molecular flexibility index (Phi) is 6.96. The zero-order chi connectivity index (χ0) is 15.2. The molecule has 1 aliphatic carbocycles. The summed E-state index contributed by atoms with van der Waals surface area (Å²) in [6.45, 7) is 10.6. The van der Waals surface area contributed by atoms with Crippen molar-refractivity contribution in [1.29, 1.82) is 0 Å². The largest absolute Gasteiger partial charge is 0.480 e. The van der Waals surface area contributed by atoms with Gasteiger partial charge in [-0.05, 0) is 65.5 Å². The first-order chi connectivity index (χ1) is 9.45. The van der Waals surface area contributed by atoms with Crippen LogP contribution in [0, 0.1) is 0 Å². The Labute approximate surface area is 123 Å². The first-order valence-corrected chi connectivity index (χ1v) is 8.20. The molecule has 0 spiro atoms. The van der Waals surface area contributed by atoms with Crippen LogP contribution in [0.3, 0.4) is 0 Å². The van der Waals surface area contributed by atoms with Crippen molar-refractivity contribution in [3.05, 3.63) is 0 Å². The molecule has 4 heteroatoms. The zero-order valence-electron chi connectivity index (χ0n) is 13.6. The maximum Gasteiger partial charge on any atom is 0.323 e. The third-order valence-corrected chi connectivity index (χ3v) is 4.24. The number of rotatable bonds is 8. The van der Waals surface area contributed by atoms with Gasteiger partial charge in [0.25, 0.3) is 0 Å². The first-order valence-electron chi connectivity index (χ1n) is 8.20. The number of nitrogens with zero attached hydrogens (tertiary/aromatic N) is 1. The number of carboxylic acids is 1. The maximum absolute atomic E-state index is 11.8. The summed E-state index contributed by atoms with van der Waals surface area (Å²) in [6, 6.07) is 0.613. The van der Waals surface area contributed by atoms with Crippen LogP contribution in [-0.2, 0) is 4.79 Å². The Morgan fingerprint density at radius 2 is 1.95 bits per heavy atom. The molecule has 0 aromatic carbocycles. The van der Waals surface area contributed by atoms with Crippen LogP contribution in [0.15, 0.2) is 0 Å². The summed E-state index contributed by atoms with van der Waals surface area (Å²) in [5.41, 5.74) is -0.725. The van der Waals surface area contributed by atoms with E-state index in [9.17, 15) is 9.90 Å². The van der Waals surface area contributed by atoms with Crippen molar-refractivity contribution >= 4 is 5.97 Å². The minimum absolute atomic E-state index is 0.204. The van der Waals surface area contributed by atoms with Crippen LogP contribution >= 0.6 is 0 Å². The molecular weight excluding hydrogens is 252 g/mol. The molecule has 0 saturated heterocycles. The van der Waals surface area contributed by atoms with Crippen LogP contribution in [-0.4, -0.2) is 46.7 Å². The molecular formula is C16H32N2O2. The molecule has 0 radical (unpaired) electrons. The summed E-state index contributed by atoms with van der Waals surface area (Å²) in [6.07, 6.45) is 5.89. The van der Waals surface area contributed by atoms with E-state index in [-0.39, 0.29) is 6.04 Å². The van der Waals surface area contributed by atoms with E-state index in [1.165, 1.54) is 0 Å². The van der Waals surface area contributed by atoms with E-state index in [4.69, 9.17) is 0 Å². The fourth-order valence-electron chi connectivity index (χ4n) is 3.55. The average molecular weight is 284 g/mol. The Bertz CT molecular complexity index is 301. The van der Waals surface area contributed by atoms with Gasteiger partial charge in [-0.1, -0.05) is 13.8 Å². The first kappa shape index (κ1) is 17.4. The molecule has 1 fully saturated rings. The molecule has 0 aromatic heterocycles. The van der Waals surface area contributed by atoms with E-state index in [0.29, 0.717) is 6.04 Å². The predicted octanol–water partition coefficient (Wildman–Crippen LogP) is 2.87. The average Bonchev–Trinajstić information content (AvgIpc) is 2.37. The van der Waals surface area contributed by atoms with Crippen molar-refractivity contribution in [2.45, 2.75) is 83.8 Å². The quantitative estimate of drug-likeness (QED) is 0.719. The van der Waals surface area contributed by atoms with Gasteiger partial charge in [0.15, 0.2) is 0 Å². The number of carboxylic acid groups (broad SMARTS) is 1. The molecule has 0 aliphatic heterocycles. The van der Waals surface area contributed by atoms with Crippen LogP contribution in [0.5, 0.6) is 0 Å². The van der Waals surface area contributed by atoms with Crippen LogP contribution in [0.25, 0.3) is 0 Å². The molecule has 0 aromatic rings. The molecule has 2 N–H and O–H groups in total. The van der Waals surface area contributed by atoms with E-state index >= 15 is 0 Å². The molecule has 0 heterocycles. The van der Waals surface area contributed by atoms with E-state index in [1.54, 1.807) is 0 Å². The molecule has 1 rings (SSSR count).